The third-order valence-electron chi connectivity index (χ3n) is 7.02. The number of hydrogen-bond acceptors (Lipinski definition) is 7. The average molecular weight is 613 g/mol. The predicted molar refractivity (Wildman–Crippen MR) is 130 cm³/mol. The summed E-state index contributed by atoms with van der Waals surface area (Å²) in [5.74, 6) is -1.17. The van der Waals surface area contributed by atoms with Crippen LogP contribution in [-0.4, -0.2) is 56.0 Å². The maximum atomic E-state index is 14.3. The lowest BCUT2D eigenvalue weighted by molar-refractivity contribution is -0.297. The molecule has 0 unspecified atom stereocenters. The highest BCUT2D eigenvalue weighted by Crippen LogP contribution is 2.53. The highest BCUT2D eigenvalue weighted by atomic mass is 32.1. The summed E-state index contributed by atoms with van der Waals surface area (Å²) in [5, 5.41) is 17.5. The number of hydrogen-bond donors (Lipinski definition) is 1. The number of halogens is 8. The number of nitrogens with zero attached hydrogens (tertiary/aromatic N) is 4. The van der Waals surface area contributed by atoms with E-state index < -0.39 is 52.4 Å². The molecule has 1 saturated heterocycles. The van der Waals surface area contributed by atoms with Gasteiger partial charge in [0.05, 0.1) is 4.88 Å². The molecule has 0 bridgehead atoms. The number of carbonyl (C=O) groups is 1. The monoisotopic (exact) mass is 612 g/mol. The minimum absolute atomic E-state index is 0.123. The van der Waals surface area contributed by atoms with Crippen molar-refractivity contribution in [2.24, 2.45) is 0 Å². The highest BCUT2D eigenvalue weighted by Gasteiger charge is 2.68. The van der Waals surface area contributed by atoms with E-state index >= 15 is 0 Å². The third-order valence-corrected chi connectivity index (χ3v) is 8.09. The SMILES string of the molecule is C[C@H]1CCCN1C(=O)c1nc(-c2nnc(C(C)(C)O)o2)sc1-c1ccc(C(C)(C(F)(F)F)C(F)(F)F)cc1C(F)F. The molecule has 3 heterocycles. The maximum Gasteiger partial charge on any atom is 0.406 e. The Morgan fingerprint density at radius 1 is 1.10 bits per heavy atom. The predicted octanol–water partition coefficient (Wildman–Crippen LogP) is 7.03. The Morgan fingerprint density at radius 3 is 2.22 bits per heavy atom. The molecule has 0 aliphatic carbocycles. The van der Waals surface area contributed by atoms with Crippen LogP contribution < -0.4 is 0 Å². The van der Waals surface area contributed by atoms with Gasteiger partial charge in [0.2, 0.25) is 5.89 Å². The number of thiazole rings is 1. The van der Waals surface area contributed by atoms with Crippen LogP contribution in [0.4, 0.5) is 35.1 Å². The van der Waals surface area contributed by atoms with Crippen molar-refractivity contribution in [3.8, 4) is 21.3 Å². The Balaban J connectivity index is 1.93. The van der Waals surface area contributed by atoms with Gasteiger partial charge in [0.15, 0.2) is 10.4 Å². The fourth-order valence-electron chi connectivity index (χ4n) is 4.42. The number of aromatic nitrogens is 3. The van der Waals surface area contributed by atoms with Crippen molar-refractivity contribution in [2.45, 2.75) is 76.4 Å². The molecule has 41 heavy (non-hydrogen) atoms. The highest BCUT2D eigenvalue weighted by molar-refractivity contribution is 7.18. The second-order valence-electron chi connectivity index (χ2n) is 10.4. The van der Waals surface area contributed by atoms with Crippen molar-refractivity contribution in [3.63, 3.8) is 0 Å². The summed E-state index contributed by atoms with van der Waals surface area (Å²) < 4.78 is 116. The van der Waals surface area contributed by atoms with E-state index in [0.717, 1.165) is 0 Å². The van der Waals surface area contributed by atoms with Gasteiger partial charge < -0.3 is 14.4 Å². The van der Waals surface area contributed by atoms with Crippen LogP contribution in [0.3, 0.4) is 0 Å². The molecule has 1 N–H and O–H groups in total. The van der Waals surface area contributed by atoms with Gasteiger partial charge in [0.1, 0.15) is 11.3 Å². The van der Waals surface area contributed by atoms with E-state index in [-0.39, 0.29) is 46.4 Å². The van der Waals surface area contributed by atoms with Gasteiger partial charge in [0.25, 0.3) is 18.2 Å². The molecular weight excluding hydrogens is 588 g/mol. The lowest BCUT2D eigenvalue weighted by Gasteiger charge is -2.34. The third kappa shape index (κ3) is 5.43. The first-order valence-electron chi connectivity index (χ1n) is 12.2. The van der Waals surface area contributed by atoms with Crippen molar-refractivity contribution in [1.29, 1.82) is 0 Å². The molecule has 0 radical (unpaired) electrons. The number of alkyl halides is 8. The van der Waals surface area contributed by atoms with E-state index in [4.69, 9.17) is 4.42 Å². The van der Waals surface area contributed by atoms with Crippen LogP contribution >= 0.6 is 11.3 Å². The summed E-state index contributed by atoms with van der Waals surface area (Å²) in [5.41, 5.74) is -9.42. The van der Waals surface area contributed by atoms with Crippen LogP contribution in [-0.2, 0) is 11.0 Å². The Bertz CT molecular complexity index is 1430. The molecule has 4 rings (SSSR count). The van der Waals surface area contributed by atoms with Crippen LogP contribution in [0, 0.1) is 0 Å². The molecule has 1 aliphatic heterocycles. The Morgan fingerprint density at radius 2 is 1.73 bits per heavy atom. The van der Waals surface area contributed by atoms with E-state index in [1.54, 1.807) is 6.92 Å². The van der Waals surface area contributed by atoms with E-state index in [1.807, 2.05) is 0 Å². The van der Waals surface area contributed by atoms with Gasteiger partial charge in [-0.2, -0.15) is 26.3 Å². The Hall–Kier alpha value is -3.14. The zero-order valence-corrected chi connectivity index (χ0v) is 22.8. The van der Waals surface area contributed by atoms with Gasteiger partial charge in [-0.1, -0.05) is 12.1 Å². The average Bonchev–Trinajstić information content (AvgIpc) is 3.60. The lowest BCUT2D eigenvalue weighted by Crippen LogP contribution is -2.51. The molecular formula is C25H24F8N4O3S. The van der Waals surface area contributed by atoms with Gasteiger partial charge in [-0.05, 0) is 52.2 Å². The second-order valence-corrected chi connectivity index (χ2v) is 11.4. The van der Waals surface area contributed by atoms with Crippen LogP contribution in [0.25, 0.3) is 21.3 Å². The number of amides is 1. The first-order chi connectivity index (χ1) is 18.8. The molecule has 3 aromatic rings. The van der Waals surface area contributed by atoms with E-state index in [0.29, 0.717) is 42.9 Å². The van der Waals surface area contributed by atoms with Gasteiger partial charge in [-0.15, -0.1) is 21.5 Å². The second kappa shape index (κ2) is 10.3. The summed E-state index contributed by atoms with van der Waals surface area (Å²) in [4.78, 5) is 19.0. The van der Waals surface area contributed by atoms with Crippen molar-refractivity contribution >= 4 is 17.2 Å². The van der Waals surface area contributed by atoms with Crippen molar-refractivity contribution in [3.05, 3.63) is 40.9 Å². The first kappa shape index (κ1) is 30.8. The molecule has 16 heteroatoms. The van der Waals surface area contributed by atoms with Crippen molar-refractivity contribution in [1.82, 2.24) is 20.1 Å². The van der Waals surface area contributed by atoms with Crippen LogP contribution in [0.15, 0.2) is 22.6 Å². The summed E-state index contributed by atoms with van der Waals surface area (Å²) in [6.07, 6.45) is -13.9. The summed E-state index contributed by atoms with van der Waals surface area (Å²) in [6.45, 7) is 4.67. The zero-order chi connectivity index (χ0) is 30.7. The maximum absolute atomic E-state index is 14.3. The quantitative estimate of drug-likeness (QED) is 0.301. The number of carbonyl (C=O) groups excluding carboxylic acids is 1. The van der Waals surface area contributed by atoms with Gasteiger partial charge in [0, 0.05) is 23.7 Å². The molecule has 2 aromatic heterocycles. The molecule has 0 saturated carbocycles. The number of likely N-dealkylation sites (tertiary alicyclic amines) is 1. The Labute approximate surface area is 232 Å². The van der Waals surface area contributed by atoms with Crippen molar-refractivity contribution in [2.75, 3.05) is 6.54 Å². The summed E-state index contributed by atoms with van der Waals surface area (Å²) in [6, 6.07) is 1.09. The van der Waals surface area contributed by atoms with Gasteiger partial charge >= 0.3 is 12.4 Å². The molecule has 1 aliphatic rings. The molecule has 7 nitrogen and oxygen atoms in total. The topological polar surface area (TPSA) is 92.4 Å². The minimum atomic E-state index is -5.85. The molecule has 1 atom stereocenters. The lowest BCUT2D eigenvalue weighted by atomic mass is 9.79. The molecule has 224 valence electrons. The number of rotatable bonds is 6. The van der Waals surface area contributed by atoms with E-state index in [9.17, 15) is 45.0 Å². The number of aliphatic hydroxyl groups is 1. The largest absolute Gasteiger partial charge is 0.415 e. The van der Waals surface area contributed by atoms with E-state index in [1.165, 1.54) is 18.7 Å². The van der Waals surface area contributed by atoms with Crippen molar-refractivity contribution < 1.29 is 49.4 Å². The molecule has 0 spiro atoms. The molecule has 1 aromatic carbocycles. The normalized spacial score (nSPS) is 17.1. The minimum Gasteiger partial charge on any atom is -0.415 e. The zero-order valence-electron chi connectivity index (χ0n) is 22.0. The smallest absolute Gasteiger partial charge is 0.406 e. The van der Waals surface area contributed by atoms with Crippen LogP contribution in [0.5, 0.6) is 0 Å². The van der Waals surface area contributed by atoms with Gasteiger partial charge in [-0.25, -0.2) is 13.8 Å². The first-order valence-corrected chi connectivity index (χ1v) is 13.0. The van der Waals surface area contributed by atoms with Gasteiger partial charge in [-0.3, -0.25) is 4.79 Å². The van der Waals surface area contributed by atoms with E-state index in [2.05, 4.69) is 15.2 Å². The molecule has 1 amide bonds. The van der Waals surface area contributed by atoms with Crippen LogP contribution in [0.2, 0.25) is 0 Å². The molecule has 1 fully saturated rings. The fourth-order valence-corrected chi connectivity index (χ4v) is 5.44. The Kier molecular flexibility index (Phi) is 7.73. The summed E-state index contributed by atoms with van der Waals surface area (Å²) >= 11 is 0.620. The standard InChI is InChI=1S/C25H24F8N4O3S/c1-11-6-5-9-37(11)20(38)15-16(41-19(34-15)18-35-36-21(40-18)22(2,3)39)13-8-7-12(10-14(13)17(26)27)23(4,24(28,29)30)25(31,32)33/h7-8,10-11,17,39H,5-6,9H2,1-4H3/t11-/m0/s1. The fraction of sp³-hybridized carbons (Fsp3) is 0.520. The summed E-state index contributed by atoms with van der Waals surface area (Å²) in [7, 11) is 0. The number of benzene rings is 1. The van der Waals surface area contributed by atoms with Crippen LogP contribution in [0.1, 0.15) is 74.5 Å².